The van der Waals surface area contributed by atoms with Gasteiger partial charge in [0.05, 0.1) is 6.61 Å². The molecule has 2 aromatic rings. The average Bonchev–Trinajstić information content (AvgIpc) is 2.94. The lowest BCUT2D eigenvalue weighted by molar-refractivity contribution is 0.308. The van der Waals surface area contributed by atoms with Crippen LogP contribution in [0.1, 0.15) is 83.3 Å². The van der Waals surface area contributed by atoms with Crippen LogP contribution in [0.4, 0.5) is 0 Å². The number of rotatable bonds is 10. The Labute approximate surface area is 173 Å². The van der Waals surface area contributed by atoms with Gasteiger partial charge in [-0.3, -0.25) is 0 Å². The molecule has 1 nitrogen and oxygen atoms in total. The summed E-state index contributed by atoms with van der Waals surface area (Å²) in [6, 6.07) is 13.7. The number of hydrogen-bond acceptors (Lipinski definition) is 1. The van der Waals surface area contributed by atoms with E-state index >= 15 is 0 Å². The fourth-order valence-corrected chi connectivity index (χ4v) is 4.85. The molecular weight excluding hydrogens is 396 g/mol. The van der Waals surface area contributed by atoms with Gasteiger partial charge in [0.1, 0.15) is 5.75 Å². The normalized spacial score (nSPS) is 14.1. The first-order chi connectivity index (χ1) is 13.2. The van der Waals surface area contributed by atoms with E-state index in [0.717, 1.165) is 18.8 Å². The zero-order chi connectivity index (χ0) is 19.3. The number of hydrogen-bond donors (Lipinski definition) is 0. The topological polar surface area (TPSA) is 9.23 Å². The minimum absolute atomic E-state index is 0.130. The summed E-state index contributed by atoms with van der Waals surface area (Å²) in [5.41, 5.74) is 5.96. The Morgan fingerprint density at radius 1 is 0.778 bits per heavy atom. The summed E-state index contributed by atoms with van der Waals surface area (Å²) in [7, 11) is 0. The molecule has 2 heteroatoms. The Kier molecular flexibility index (Phi) is 7.03. The van der Waals surface area contributed by atoms with E-state index in [1.807, 2.05) is 0 Å². The second-order valence-corrected chi connectivity index (χ2v) is 8.80. The Bertz CT molecular complexity index is 757. The largest absolute Gasteiger partial charge is 0.494 e. The highest BCUT2D eigenvalue weighted by Crippen LogP contribution is 2.55. The molecule has 0 aliphatic heterocycles. The third-order valence-electron chi connectivity index (χ3n) is 5.97. The van der Waals surface area contributed by atoms with Crippen molar-refractivity contribution in [3.63, 3.8) is 0 Å². The molecule has 0 aromatic heterocycles. The highest BCUT2D eigenvalue weighted by Gasteiger charge is 2.42. The van der Waals surface area contributed by atoms with Gasteiger partial charge < -0.3 is 4.74 Å². The van der Waals surface area contributed by atoms with Gasteiger partial charge in [0.25, 0.3) is 0 Å². The Morgan fingerprint density at radius 3 is 2.00 bits per heavy atom. The first kappa shape index (κ1) is 20.5. The van der Waals surface area contributed by atoms with Crippen molar-refractivity contribution in [1.82, 2.24) is 0 Å². The van der Waals surface area contributed by atoms with Crippen LogP contribution in [0.2, 0.25) is 0 Å². The maximum absolute atomic E-state index is 6.09. The first-order valence-electron chi connectivity index (χ1n) is 10.7. The standard InChI is InChI=1S/C25H33BrO/c1-4-7-14-25(15-8-5-2)23-17-19(26)10-12-21(23)22-13-11-20(18-24(22)25)27-16-9-6-3/h10-13,17-18H,4-9,14-16H2,1-3H3. The summed E-state index contributed by atoms with van der Waals surface area (Å²) in [5.74, 6) is 1.03. The van der Waals surface area contributed by atoms with Crippen molar-refractivity contribution in [2.24, 2.45) is 0 Å². The molecule has 0 bridgehead atoms. The second kappa shape index (κ2) is 9.28. The van der Waals surface area contributed by atoms with Gasteiger partial charge in [-0.15, -0.1) is 0 Å². The molecule has 2 aromatic carbocycles. The van der Waals surface area contributed by atoms with Crippen molar-refractivity contribution in [1.29, 1.82) is 0 Å². The van der Waals surface area contributed by atoms with E-state index in [-0.39, 0.29) is 5.41 Å². The molecule has 0 fully saturated rings. The van der Waals surface area contributed by atoms with Crippen LogP contribution in [0, 0.1) is 0 Å². The quantitative estimate of drug-likeness (QED) is 0.345. The van der Waals surface area contributed by atoms with Gasteiger partial charge in [0.2, 0.25) is 0 Å². The Hall–Kier alpha value is -1.28. The maximum Gasteiger partial charge on any atom is 0.119 e. The molecule has 0 amide bonds. The van der Waals surface area contributed by atoms with Crippen LogP contribution < -0.4 is 4.74 Å². The second-order valence-electron chi connectivity index (χ2n) is 7.89. The van der Waals surface area contributed by atoms with Crippen LogP contribution in [0.5, 0.6) is 5.75 Å². The van der Waals surface area contributed by atoms with Gasteiger partial charge in [-0.2, -0.15) is 0 Å². The van der Waals surface area contributed by atoms with Gasteiger partial charge in [-0.1, -0.05) is 80.9 Å². The Balaban J connectivity index is 2.09. The van der Waals surface area contributed by atoms with Crippen LogP contribution in [0.15, 0.2) is 40.9 Å². The smallest absolute Gasteiger partial charge is 0.119 e. The fourth-order valence-electron chi connectivity index (χ4n) is 4.49. The Morgan fingerprint density at radius 2 is 1.37 bits per heavy atom. The molecule has 0 unspecified atom stereocenters. The summed E-state index contributed by atoms with van der Waals surface area (Å²) in [5, 5.41) is 0. The molecule has 0 saturated heterocycles. The third-order valence-corrected chi connectivity index (χ3v) is 6.47. The zero-order valence-corrected chi connectivity index (χ0v) is 18.7. The summed E-state index contributed by atoms with van der Waals surface area (Å²) in [6.45, 7) is 7.62. The lowest BCUT2D eigenvalue weighted by atomic mass is 9.71. The van der Waals surface area contributed by atoms with Gasteiger partial charge in [-0.25, -0.2) is 0 Å². The molecule has 1 aliphatic rings. The van der Waals surface area contributed by atoms with E-state index in [0.29, 0.717) is 0 Å². The third kappa shape index (κ3) is 4.11. The van der Waals surface area contributed by atoms with E-state index in [1.165, 1.54) is 71.7 Å². The monoisotopic (exact) mass is 428 g/mol. The number of halogens is 1. The van der Waals surface area contributed by atoms with Gasteiger partial charge in [0, 0.05) is 9.89 Å². The lowest BCUT2D eigenvalue weighted by Gasteiger charge is -2.33. The minimum Gasteiger partial charge on any atom is -0.494 e. The van der Waals surface area contributed by atoms with Gasteiger partial charge in [-0.05, 0) is 65.8 Å². The van der Waals surface area contributed by atoms with Crippen LogP contribution in [-0.4, -0.2) is 6.61 Å². The van der Waals surface area contributed by atoms with E-state index in [4.69, 9.17) is 4.74 Å². The van der Waals surface area contributed by atoms with Crippen molar-refractivity contribution >= 4 is 15.9 Å². The van der Waals surface area contributed by atoms with Crippen LogP contribution in [0.25, 0.3) is 11.1 Å². The predicted molar refractivity (Wildman–Crippen MR) is 120 cm³/mol. The minimum atomic E-state index is 0.130. The van der Waals surface area contributed by atoms with E-state index < -0.39 is 0 Å². The van der Waals surface area contributed by atoms with Gasteiger partial charge in [0.15, 0.2) is 0 Å². The van der Waals surface area contributed by atoms with Crippen molar-refractivity contribution in [3.05, 3.63) is 52.0 Å². The molecule has 0 N–H and O–H groups in total. The molecule has 0 atom stereocenters. The summed E-state index contributed by atoms with van der Waals surface area (Å²) in [6.07, 6.45) is 9.71. The average molecular weight is 429 g/mol. The van der Waals surface area contributed by atoms with Crippen LogP contribution in [-0.2, 0) is 5.41 Å². The number of benzene rings is 2. The van der Waals surface area contributed by atoms with Crippen LogP contribution >= 0.6 is 15.9 Å². The molecule has 146 valence electrons. The molecule has 1 aliphatic carbocycles. The maximum atomic E-state index is 6.09. The molecule has 0 spiro atoms. The summed E-state index contributed by atoms with van der Waals surface area (Å²) in [4.78, 5) is 0. The fraction of sp³-hybridized carbons (Fsp3) is 0.520. The molecule has 0 radical (unpaired) electrons. The lowest BCUT2D eigenvalue weighted by Crippen LogP contribution is -2.25. The molecular formula is C25H33BrO. The molecule has 0 heterocycles. The molecule has 0 saturated carbocycles. The zero-order valence-electron chi connectivity index (χ0n) is 17.1. The van der Waals surface area contributed by atoms with Gasteiger partial charge >= 0.3 is 0 Å². The first-order valence-corrected chi connectivity index (χ1v) is 11.5. The van der Waals surface area contributed by atoms with Crippen LogP contribution in [0.3, 0.4) is 0 Å². The molecule has 27 heavy (non-hydrogen) atoms. The molecule has 3 rings (SSSR count). The van der Waals surface area contributed by atoms with Crippen molar-refractivity contribution in [2.75, 3.05) is 6.61 Å². The summed E-state index contributed by atoms with van der Waals surface area (Å²) < 4.78 is 7.27. The number of ether oxygens (including phenoxy) is 1. The SMILES string of the molecule is CCCCOc1ccc2c(c1)C(CCCC)(CCCC)c1cc(Br)ccc1-2. The van der Waals surface area contributed by atoms with Crippen molar-refractivity contribution in [3.8, 4) is 16.9 Å². The van der Waals surface area contributed by atoms with E-state index in [9.17, 15) is 0 Å². The van der Waals surface area contributed by atoms with Crippen molar-refractivity contribution < 1.29 is 4.74 Å². The summed E-state index contributed by atoms with van der Waals surface area (Å²) >= 11 is 3.73. The van der Waals surface area contributed by atoms with Crippen molar-refractivity contribution in [2.45, 2.75) is 77.6 Å². The highest BCUT2D eigenvalue weighted by atomic mass is 79.9. The van der Waals surface area contributed by atoms with E-state index in [2.05, 4.69) is 73.1 Å². The number of unbranched alkanes of at least 4 members (excludes halogenated alkanes) is 3. The van der Waals surface area contributed by atoms with E-state index in [1.54, 1.807) is 0 Å². The number of fused-ring (bicyclic) bond motifs is 3. The predicted octanol–water partition coefficient (Wildman–Crippen LogP) is 8.27. The highest BCUT2D eigenvalue weighted by molar-refractivity contribution is 9.10.